The highest BCUT2D eigenvalue weighted by atomic mass is 32.2. The zero-order valence-electron chi connectivity index (χ0n) is 10.6. The van der Waals surface area contributed by atoms with Gasteiger partial charge in [0.2, 0.25) is 20.0 Å². The molecule has 0 aliphatic heterocycles. The molecule has 1 aromatic rings. The summed E-state index contributed by atoms with van der Waals surface area (Å²) in [6.45, 7) is 1.70. The lowest BCUT2D eigenvalue weighted by Gasteiger charge is -2.11. The third kappa shape index (κ3) is 4.78. The first-order chi connectivity index (χ1) is 8.65. The second kappa shape index (κ2) is 5.87. The predicted octanol–water partition coefficient (Wildman–Crippen LogP) is 0.0305. The first kappa shape index (κ1) is 15.9. The Balaban J connectivity index is 3.08. The Hall–Kier alpha value is -1.16. The van der Waals surface area contributed by atoms with Crippen LogP contribution in [0.4, 0.5) is 5.69 Å². The van der Waals surface area contributed by atoms with Gasteiger partial charge in [0.15, 0.2) is 0 Å². The van der Waals surface area contributed by atoms with Gasteiger partial charge in [-0.15, -0.1) is 0 Å². The third-order valence-corrected chi connectivity index (χ3v) is 4.51. The van der Waals surface area contributed by atoms with Gasteiger partial charge in [-0.3, -0.25) is 4.72 Å². The maximum absolute atomic E-state index is 11.7. The van der Waals surface area contributed by atoms with Gasteiger partial charge in [-0.05, 0) is 24.6 Å². The number of hydrogen-bond donors (Lipinski definition) is 2. The van der Waals surface area contributed by atoms with Crippen molar-refractivity contribution < 1.29 is 21.6 Å². The van der Waals surface area contributed by atoms with E-state index >= 15 is 0 Å². The van der Waals surface area contributed by atoms with Gasteiger partial charge in [0.05, 0.1) is 22.9 Å². The Labute approximate surface area is 112 Å². The maximum Gasteiger partial charge on any atom is 0.238 e. The molecule has 0 saturated heterocycles. The van der Waals surface area contributed by atoms with Crippen molar-refractivity contribution in [2.24, 2.45) is 5.14 Å². The molecule has 19 heavy (non-hydrogen) atoms. The van der Waals surface area contributed by atoms with Crippen molar-refractivity contribution in [3.63, 3.8) is 0 Å². The summed E-state index contributed by atoms with van der Waals surface area (Å²) in [6, 6.07) is 3.99. The summed E-state index contributed by atoms with van der Waals surface area (Å²) in [5, 5.41) is 4.99. The molecule has 1 aromatic carbocycles. The Bertz CT molecular complexity index is 652. The number of sulfonamides is 2. The summed E-state index contributed by atoms with van der Waals surface area (Å²) in [4.78, 5) is -0.150. The van der Waals surface area contributed by atoms with E-state index in [1.54, 1.807) is 6.92 Å². The average molecular weight is 308 g/mol. The molecule has 0 aromatic heterocycles. The van der Waals surface area contributed by atoms with E-state index < -0.39 is 20.0 Å². The van der Waals surface area contributed by atoms with Crippen LogP contribution in [-0.4, -0.2) is 36.3 Å². The lowest BCUT2D eigenvalue weighted by atomic mass is 10.2. The van der Waals surface area contributed by atoms with Crippen LogP contribution in [0.25, 0.3) is 0 Å². The second-order valence-electron chi connectivity index (χ2n) is 3.94. The molecule has 0 spiro atoms. The lowest BCUT2D eigenvalue weighted by Crippen LogP contribution is -2.21. The van der Waals surface area contributed by atoms with Gasteiger partial charge in [-0.1, -0.05) is 6.07 Å². The normalized spacial score (nSPS) is 12.4. The highest BCUT2D eigenvalue weighted by Crippen LogP contribution is 2.20. The van der Waals surface area contributed by atoms with Crippen LogP contribution in [0.5, 0.6) is 0 Å². The number of rotatable bonds is 6. The molecule has 0 radical (unpaired) electrons. The van der Waals surface area contributed by atoms with Crippen LogP contribution in [0.2, 0.25) is 0 Å². The van der Waals surface area contributed by atoms with Gasteiger partial charge in [-0.25, -0.2) is 22.0 Å². The molecule has 0 amide bonds. The van der Waals surface area contributed by atoms with E-state index in [9.17, 15) is 16.8 Å². The summed E-state index contributed by atoms with van der Waals surface area (Å²) in [6.07, 6.45) is 0. The SMILES string of the molecule is COCCS(=O)(=O)Nc1cc(S(N)(=O)=O)ccc1C. The lowest BCUT2D eigenvalue weighted by molar-refractivity contribution is 0.217. The van der Waals surface area contributed by atoms with Crippen molar-refractivity contribution in [1.82, 2.24) is 0 Å². The number of primary sulfonamides is 1. The third-order valence-electron chi connectivity index (χ3n) is 2.36. The van der Waals surface area contributed by atoms with Gasteiger partial charge in [0.1, 0.15) is 0 Å². The fraction of sp³-hybridized carbons (Fsp3) is 0.400. The smallest absolute Gasteiger partial charge is 0.238 e. The van der Waals surface area contributed by atoms with Crippen molar-refractivity contribution in [2.75, 3.05) is 24.2 Å². The van der Waals surface area contributed by atoms with Crippen LogP contribution >= 0.6 is 0 Å². The molecular formula is C10H16N2O5S2. The number of nitrogens with one attached hydrogen (secondary N) is 1. The zero-order valence-corrected chi connectivity index (χ0v) is 12.2. The van der Waals surface area contributed by atoms with Gasteiger partial charge in [-0.2, -0.15) is 0 Å². The molecule has 0 unspecified atom stereocenters. The monoisotopic (exact) mass is 308 g/mol. The average Bonchev–Trinajstić information content (AvgIpc) is 2.28. The van der Waals surface area contributed by atoms with E-state index in [0.29, 0.717) is 5.56 Å². The maximum atomic E-state index is 11.7. The standard InChI is InChI=1S/C10H16N2O5S2/c1-8-3-4-9(19(11,15)16)7-10(8)12-18(13,14)6-5-17-2/h3-4,7,12H,5-6H2,1-2H3,(H2,11,15,16). The van der Waals surface area contributed by atoms with Crippen molar-refractivity contribution in [3.8, 4) is 0 Å². The predicted molar refractivity (Wildman–Crippen MR) is 71.8 cm³/mol. The number of anilines is 1. The van der Waals surface area contributed by atoms with Crippen molar-refractivity contribution >= 4 is 25.7 Å². The summed E-state index contributed by atoms with van der Waals surface area (Å²) in [5.41, 5.74) is 0.774. The van der Waals surface area contributed by atoms with Gasteiger partial charge >= 0.3 is 0 Å². The molecule has 0 atom stereocenters. The van der Waals surface area contributed by atoms with Crippen molar-refractivity contribution in [3.05, 3.63) is 23.8 Å². The van der Waals surface area contributed by atoms with Crippen molar-refractivity contribution in [2.45, 2.75) is 11.8 Å². The van der Waals surface area contributed by atoms with Gasteiger partial charge in [0, 0.05) is 7.11 Å². The molecule has 0 heterocycles. The van der Waals surface area contributed by atoms with Crippen LogP contribution in [-0.2, 0) is 24.8 Å². The Morgan fingerprint density at radius 2 is 1.89 bits per heavy atom. The molecule has 108 valence electrons. The number of nitrogens with two attached hydrogens (primary N) is 1. The molecule has 9 heteroatoms. The van der Waals surface area contributed by atoms with Crippen molar-refractivity contribution in [1.29, 1.82) is 0 Å². The van der Waals surface area contributed by atoms with Gasteiger partial charge < -0.3 is 4.74 Å². The molecule has 0 aliphatic carbocycles. The van der Waals surface area contributed by atoms with Crippen LogP contribution in [0.3, 0.4) is 0 Å². The molecule has 0 fully saturated rings. The first-order valence-corrected chi connectivity index (χ1v) is 8.48. The van der Waals surface area contributed by atoms with E-state index in [1.165, 1.54) is 25.3 Å². The minimum absolute atomic E-state index is 0.0449. The number of hydrogen-bond acceptors (Lipinski definition) is 5. The largest absolute Gasteiger partial charge is 0.384 e. The molecule has 3 N–H and O–H groups in total. The molecule has 7 nitrogen and oxygen atoms in total. The van der Waals surface area contributed by atoms with Crippen LogP contribution < -0.4 is 9.86 Å². The van der Waals surface area contributed by atoms with Gasteiger partial charge in [0.25, 0.3) is 0 Å². The Morgan fingerprint density at radius 1 is 1.26 bits per heavy atom. The Kier molecular flexibility index (Phi) is 4.91. The first-order valence-electron chi connectivity index (χ1n) is 5.28. The number of ether oxygens (including phenoxy) is 1. The molecule has 0 aliphatic rings. The minimum Gasteiger partial charge on any atom is -0.384 e. The summed E-state index contributed by atoms with van der Waals surface area (Å²) in [7, 11) is -6.08. The quantitative estimate of drug-likeness (QED) is 0.769. The van der Waals surface area contributed by atoms with E-state index in [2.05, 4.69) is 9.46 Å². The molecule has 1 rings (SSSR count). The summed E-state index contributed by atoms with van der Waals surface area (Å²) >= 11 is 0. The van der Waals surface area contributed by atoms with E-state index in [4.69, 9.17) is 5.14 Å². The zero-order chi connectivity index (χ0) is 14.7. The highest BCUT2D eigenvalue weighted by molar-refractivity contribution is 7.92. The fourth-order valence-electron chi connectivity index (χ4n) is 1.30. The number of methoxy groups -OCH3 is 1. The number of aryl methyl sites for hydroxylation is 1. The van der Waals surface area contributed by atoms with E-state index in [0.717, 1.165) is 0 Å². The summed E-state index contributed by atoms with van der Waals surface area (Å²) in [5.74, 6) is -0.220. The molecule has 0 saturated carbocycles. The van der Waals surface area contributed by atoms with Crippen LogP contribution in [0, 0.1) is 6.92 Å². The van der Waals surface area contributed by atoms with Crippen LogP contribution in [0.15, 0.2) is 23.1 Å². The second-order valence-corrected chi connectivity index (χ2v) is 7.34. The fourth-order valence-corrected chi connectivity index (χ4v) is 2.88. The molecule has 0 bridgehead atoms. The highest BCUT2D eigenvalue weighted by Gasteiger charge is 2.15. The van der Waals surface area contributed by atoms with E-state index in [-0.39, 0.29) is 22.9 Å². The topological polar surface area (TPSA) is 116 Å². The Morgan fingerprint density at radius 3 is 2.42 bits per heavy atom. The number of benzene rings is 1. The minimum atomic E-state index is -3.87. The van der Waals surface area contributed by atoms with E-state index in [1.807, 2.05) is 0 Å². The van der Waals surface area contributed by atoms with Crippen LogP contribution in [0.1, 0.15) is 5.56 Å². The molecular weight excluding hydrogens is 292 g/mol. The summed E-state index contributed by atoms with van der Waals surface area (Å²) < 4.78 is 52.8.